The fourth-order valence-electron chi connectivity index (χ4n) is 9.50. The Bertz CT molecular complexity index is 2090. The molecule has 66 heavy (non-hydrogen) atoms. The minimum Gasteiger partial charge on any atom is -0.703 e. The summed E-state index contributed by atoms with van der Waals surface area (Å²) in [6.07, 6.45) is 10.8. The number of hydrogen-bond acceptors (Lipinski definition) is 0. The van der Waals surface area contributed by atoms with Crippen LogP contribution in [0.3, 0.4) is 0 Å². The van der Waals surface area contributed by atoms with Crippen LogP contribution in [0, 0.1) is 99.5 Å². The van der Waals surface area contributed by atoms with Crippen molar-refractivity contribution in [3.8, 4) is 0 Å². The number of hydrogen-bond donors (Lipinski definition) is 0. The first-order valence-corrected chi connectivity index (χ1v) is 26.3. The molecule has 7 heteroatoms. The second kappa shape index (κ2) is 32.9. The Morgan fingerprint density at radius 2 is 0.955 bits per heavy atom. The van der Waals surface area contributed by atoms with Crippen LogP contribution in [0.1, 0.15) is 118 Å². The van der Waals surface area contributed by atoms with Crippen LogP contribution in [0.5, 0.6) is 0 Å². The van der Waals surface area contributed by atoms with Crippen molar-refractivity contribution >= 4 is 37.1 Å². The molecule has 7 atom stereocenters. The molecule has 6 aromatic rings. The van der Waals surface area contributed by atoms with Crippen LogP contribution >= 0.6 is 15.8 Å². The van der Waals surface area contributed by atoms with Crippen LogP contribution in [0.4, 0.5) is 0 Å². The Hall–Kier alpha value is -0.917. The van der Waals surface area contributed by atoms with Gasteiger partial charge in [-0.1, -0.05) is 243 Å². The third-order valence-electron chi connectivity index (χ3n) is 13.6. The Balaban J connectivity index is 0.000000531. The van der Waals surface area contributed by atoms with Gasteiger partial charge >= 0.3 is 0 Å². The van der Waals surface area contributed by atoms with Crippen molar-refractivity contribution in [1.82, 2.24) is 0 Å². The number of rotatable bonds is 11. The molecule has 8 rings (SSSR count). The van der Waals surface area contributed by atoms with Gasteiger partial charge in [0.25, 0.3) is 0 Å². The van der Waals surface area contributed by atoms with E-state index in [-0.39, 0.29) is 129 Å². The van der Waals surface area contributed by atoms with Gasteiger partial charge < -0.3 is 11.5 Å². The molecule has 0 bridgehead atoms. The molecule has 2 saturated carbocycles. The molecule has 0 saturated heterocycles. The molecule has 2 aliphatic rings. The second-order valence-corrected chi connectivity index (χ2v) is 22.6. The Labute approximate surface area is 487 Å². The van der Waals surface area contributed by atoms with E-state index in [1.54, 1.807) is 13.0 Å². The Kier molecular flexibility index (Phi) is 30.5. The van der Waals surface area contributed by atoms with Crippen molar-refractivity contribution < 1.29 is 107 Å². The Morgan fingerprint density at radius 3 is 1.32 bits per heavy atom. The first-order valence-electron chi connectivity index (χ1n) is 23.5. The summed E-state index contributed by atoms with van der Waals surface area (Å²) in [5.74, 6) is 1.97. The summed E-state index contributed by atoms with van der Waals surface area (Å²) in [5, 5.41) is 6.12. The van der Waals surface area contributed by atoms with Crippen molar-refractivity contribution in [3.05, 3.63) is 216 Å². The molecular weight excluding hydrogens is 1310 g/mol. The van der Waals surface area contributed by atoms with Crippen LogP contribution < -0.4 is 21.2 Å². The van der Waals surface area contributed by atoms with Crippen LogP contribution in [-0.4, -0.2) is 17.4 Å². The van der Waals surface area contributed by atoms with E-state index >= 15 is 0 Å². The fourth-order valence-corrected chi connectivity index (χ4v) is 16.2. The van der Waals surface area contributed by atoms with E-state index in [1.807, 2.05) is 20.8 Å². The van der Waals surface area contributed by atoms with Gasteiger partial charge in [-0.25, -0.2) is 0 Å². The maximum atomic E-state index is 6.83. The third kappa shape index (κ3) is 18.0. The van der Waals surface area contributed by atoms with Gasteiger partial charge in [0.05, 0.1) is 0 Å². The van der Waals surface area contributed by atoms with Gasteiger partial charge in [0.1, 0.15) is 0 Å². The van der Waals surface area contributed by atoms with Crippen molar-refractivity contribution in [3.63, 3.8) is 0 Å². The monoisotopic (exact) mass is 1380 g/mol. The minimum atomic E-state index is -0.363. The maximum absolute atomic E-state index is 6.83. The van der Waals surface area contributed by atoms with E-state index < -0.39 is 0 Å². The topological polar surface area (TPSA) is 47.6 Å². The molecule has 6 aromatic carbocycles. The fraction of sp³-hybridized carbons (Fsp3) is 0.356. The van der Waals surface area contributed by atoms with Gasteiger partial charge in [-0.2, -0.15) is 5.70 Å². The second-order valence-electron chi connectivity index (χ2n) is 17.8. The summed E-state index contributed by atoms with van der Waals surface area (Å²) in [6.45, 7) is 15.0. The average Bonchev–Trinajstić information content (AvgIpc) is 3.98. The van der Waals surface area contributed by atoms with Gasteiger partial charge in [-0.15, -0.1) is 12.1 Å². The molecule has 2 radical (unpaired) electrons. The molecule has 0 spiro atoms. The molecule has 0 aliphatic heterocycles. The van der Waals surface area contributed by atoms with Crippen molar-refractivity contribution in [1.29, 1.82) is 0 Å². The van der Waals surface area contributed by atoms with Crippen LogP contribution in [0.2, 0.25) is 0 Å². The zero-order valence-corrected chi connectivity index (χ0v) is 53.1. The zero-order valence-electron chi connectivity index (χ0n) is 40.7. The van der Waals surface area contributed by atoms with E-state index in [4.69, 9.17) is 11.5 Å². The van der Waals surface area contributed by atoms with Crippen molar-refractivity contribution in [2.45, 2.75) is 123 Å². The summed E-state index contributed by atoms with van der Waals surface area (Å²) in [7, 11) is -0.677. The summed E-state index contributed by atoms with van der Waals surface area (Å²) in [4.78, 5) is 0. The summed E-state index contributed by atoms with van der Waals surface area (Å²) < 4.78 is 0. The van der Waals surface area contributed by atoms with E-state index in [9.17, 15) is 0 Å². The SMILES string of the molecule is C/C=C(/C)[NH-].CC(c1ccccc1)C1(C)CCCC1P(c1ccccc1)c1ccccc1.CC(c1ccccc1)C1CCCC1P(c1ccccc1)c1ccccc1.CC[C@H](C)[NH-].[Ac].[Ac].[Fe].[HH]. The minimum absolute atomic E-state index is 0. The first-order chi connectivity index (χ1) is 30.6. The first kappa shape index (κ1) is 61.2. The summed E-state index contributed by atoms with van der Waals surface area (Å²) >= 11 is 0. The van der Waals surface area contributed by atoms with E-state index in [0.717, 1.165) is 18.0 Å². The van der Waals surface area contributed by atoms with E-state index in [2.05, 4.69) is 203 Å². The summed E-state index contributed by atoms with van der Waals surface area (Å²) in [6, 6.07) is 67.4. The number of benzene rings is 6. The molecule has 0 amide bonds. The van der Waals surface area contributed by atoms with Crippen molar-refractivity contribution in [2.75, 3.05) is 0 Å². The average molecular weight is 1390 g/mol. The van der Waals surface area contributed by atoms with Crippen LogP contribution in [0.25, 0.3) is 11.5 Å². The largest absolute Gasteiger partial charge is 0.703 e. The van der Waals surface area contributed by atoms with Crippen molar-refractivity contribution in [2.24, 2.45) is 11.3 Å². The molecular formula is C59H76Ac2FeN2P2-2. The smallest absolute Gasteiger partial charge is 0 e. The molecule has 0 aromatic heterocycles. The molecule has 0 heterocycles. The zero-order chi connectivity index (χ0) is 45.0. The van der Waals surface area contributed by atoms with Gasteiger partial charge in [-0.3, -0.25) is 0 Å². The number of allylic oxidation sites excluding steroid dienone is 2. The molecule has 348 valence electrons. The van der Waals surface area contributed by atoms with E-state index in [0.29, 0.717) is 28.6 Å². The van der Waals surface area contributed by atoms with Gasteiger partial charge in [-0.05, 0) is 115 Å². The normalized spacial score (nSPS) is 19.9. The molecule has 2 N–H and O–H groups in total. The third-order valence-corrected chi connectivity index (χ3v) is 19.8. The van der Waals surface area contributed by atoms with E-state index in [1.165, 1.54) is 70.9 Å². The molecule has 2 aliphatic carbocycles. The maximum Gasteiger partial charge on any atom is 0 e. The molecule has 2 fully saturated rings. The number of nitrogens with one attached hydrogen (secondary N) is 2. The van der Waals surface area contributed by atoms with Crippen LogP contribution in [-0.2, 0) is 17.1 Å². The molecule has 2 nitrogen and oxygen atoms in total. The molecule has 6 unspecified atom stereocenters. The van der Waals surface area contributed by atoms with Gasteiger partial charge in [0, 0.05) is 107 Å². The predicted molar refractivity (Wildman–Crippen MR) is 285 cm³/mol. The van der Waals surface area contributed by atoms with Gasteiger partial charge in [0.15, 0.2) is 0 Å². The standard InChI is InChI=1S/C26H29P.C25H27P.C4H10N.C4H8N.2Ac.Fe.H2/c1-21(22-13-6-3-7-14-22)26(2)20-12-19-25(26)27(23-15-8-4-9-16-23)24-17-10-5-11-18-24;1-20(21-12-5-2-6-13-21)24-18-11-19-25(24)26(22-14-7-3-8-15-22)23-16-9-4-10-17-23;2*1-3-4(2)5;;;;/h3-11,13-18,21,25H,12,19-20H2,1-2H3;2-10,12-17,20,24-25H,11,18-19H2,1H3;4-5H,3H2,1-2H3;3,5H,1-2H3;;;;1H/q;;2*-1;;;;/b;;;4-3-;;;;/t;;4-;;;;;/m..0...../s1. The Morgan fingerprint density at radius 1 is 0.606 bits per heavy atom. The summed E-state index contributed by atoms with van der Waals surface area (Å²) in [5.41, 5.74) is 18.9. The van der Waals surface area contributed by atoms with Gasteiger partial charge in [0.2, 0.25) is 0 Å². The predicted octanol–water partition coefficient (Wildman–Crippen LogP) is 16.6. The van der Waals surface area contributed by atoms with Crippen LogP contribution in [0.15, 0.2) is 194 Å². The quantitative estimate of drug-likeness (QED) is 0.0917.